The molecule has 2 aromatic rings. The summed E-state index contributed by atoms with van der Waals surface area (Å²) in [6, 6.07) is 9.80. The number of halogens is 1. The molecular formula is C30H31ClN2O6. The maximum absolute atomic E-state index is 13.4. The third kappa shape index (κ3) is 5.05. The van der Waals surface area contributed by atoms with E-state index in [0.717, 1.165) is 42.6 Å². The van der Waals surface area contributed by atoms with Crippen LogP contribution in [0.4, 0.5) is 5.69 Å². The molecule has 0 saturated heterocycles. The second-order valence-electron chi connectivity index (χ2n) is 9.93. The highest BCUT2D eigenvalue weighted by atomic mass is 35.5. The van der Waals surface area contributed by atoms with Gasteiger partial charge in [-0.3, -0.25) is 19.7 Å². The number of nitro benzene ring substituents is 1. The van der Waals surface area contributed by atoms with Crippen LogP contribution in [0.2, 0.25) is 5.02 Å². The molecule has 0 amide bonds. The van der Waals surface area contributed by atoms with Gasteiger partial charge in [-0.1, -0.05) is 23.7 Å². The fourth-order valence-corrected chi connectivity index (χ4v) is 6.28. The van der Waals surface area contributed by atoms with Crippen molar-refractivity contribution in [2.24, 2.45) is 0 Å². The van der Waals surface area contributed by atoms with Gasteiger partial charge in [0.2, 0.25) is 0 Å². The van der Waals surface area contributed by atoms with Gasteiger partial charge < -0.3 is 14.4 Å². The summed E-state index contributed by atoms with van der Waals surface area (Å²) < 4.78 is 12.0. The van der Waals surface area contributed by atoms with Crippen molar-refractivity contribution in [1.82, 2.24) is 4.90 Å². The third-order valence-corrected chi connectivity index (χ3v) is 7.85. The maximum Gasteiger partial charge on any atom is 0.269 e. The minimum absolute atomic E-state index is 0.0246. The van der Waals surface area contributed by atoms with Crippen LogP contribution in [0.25, 0.3) is 0 Å². The van der Waals surface area contributed by atoms with Gasteiger partial charge in [0.1, 0.15) is 6.61 Å². The molecule has 3 aliphatic rings. The average molecular weight is 551 g/mol. The van der Waals surface area contributed by atoms with E-state index in [1.165, 1.54) is 12.1 Å². The number of rotatable bonds is 8. The van der Waals surface area contributed by atoms with Crippen molar-refractivity contribution < 1.29 is 24.0 Å². The Kier molecular flexibility index (Phi) is 7.75. The van der Waals surface area contributed by atoms with Crippen LogP contribution >= 0.6 is 11.6 Å². The van der Waals surface area contributed by atoms with Crippen LogP contribution in [0.1, 0.15) is 69.4 Å². The van der Waals surface area contributed by atoms with E-state index in [4.69, 9.17) is 21.1 Å². The number of benzene rings is 2. The zero-order valence-electron chi connectivity index (χ0n) is 22.1. The number of non-ortho nitro benzene ring substituents is 1. The van der Waals surface area contributed by atoms with Gasteiger partial charge in [0.15, 0.2) is 23.1 Å². The Morgan fingerprint density at radius 1 is 0.974 bits per heavy atom. The van der Waals surface area contributed by atoms with Gasteiger partial charge in [-0.25, -0.2) is 0 Å². The Balaban J connectivity index is 1.58. The number of Topliss-reactive ketones (excluding diaryl/α,β-unsaturated/α-hetero) is 2. The molecule has 0 saturated carbocycles. The Bertz CT molecular complexity index is 1370. The Labute approximate surface area is 232 Å². The van der Waals surface area contributed by atoms with Crippen LogP contribution in [0.5, 0.6) is 11.5 Å². The lowest BCUT2D eigenvalue weighted by Crippen LogP contribution is -2.39. The van der Waals surface area contributed by atoms with Crippen LogP contribution in [0, 0.1) is 10.1 Å². The van der Waals surface area contributed by atoms with E-state index < -0.39 is 10.8 Å². The molecule has 204 valence electrons. The van der Waals surface area contributed by atoms with E-state index in [1.54, 1.807) is 18.2 Å². The summed E-state index contributed by atoms with van der Waals surface area (Å²) >= 11 is 6.79. The van der Waals surface area contributed by atoms with Gasteiger partial charge in [-0.05, 0) is 62.8 Å². The average Bonchev–Trinajstić information content (AvgIpc) is 2.92. The number of carbonyl (C=O) groups is 2. The van der Waals surface area contributed by atoms with Gasteiger partial charge in [0.25, 0.3) is 5.69 Å². The molecule has 0 atom stereocenters. The summed E-state index contributed by atoms with van der Waals surface area (Å²) in [4.78, 5) is 39.7. The molecule has 0 fully saturated rings. The van der Waals surface area contributed by atoms with Crippen LogP contribution in [0.15, 0.2) is 58.9 Å². The highest BCUT2D eigenvalue weighted by molar-refractivity contribution is 6.32. The molecule has 0 bridgehead atoms. The van der Waals surface area contributed by atoms with Crippen LogP contribution in [-0.4, -0.2) is 34.5 Å². The number of hydrogen-bond donors (Lipinski definition) is 0. The Morgan fingerprint density at radius 2 is 1.64 bits per heavy atom. The van der Waals surface area contributed by atoms with Gasteiger partial charge >= 0.3 is 0 Å². The van der Waals surface area contributed by atoms with Crippen molar-refractivity contribution in [3.05, 3.63) is 85.2 Å². The molecule has 1 aliphatic heterocycles. The maximum atomic E-state index is 13.4. The van der Waals surface area contributed by atoms with Gasteiger partial charge in [0, 0.05) is 60.0 Å². The molecule has 8 nitrogen and oxygen atoms in total. The molecule has 1 heterocycles. The molecule has 0 spiro atoms. The number of nitro groups is 1. The number of carbonyl (C=O) groups excluding carboxylic acids is 2. The first-order chi connectivity index (χ1) is 18.8. The summed E-state index contributed by atoms with van der Waals surface area (Å²) in [6.45, 7) is 5.02. The molecule has 0 radical (unpaired) electrons. The molecule has 39 heavy (non-hydrogen) atoms. The quantitative estimate of drug-likeness (QED) is 0.267. The second-order valence-corrected chi connectivity index (χ2v) is 10.3. The predicted molar refractivity (Wildman–Crippen MR) is 147 cm³/mol. The number of allylic oxidation sites excluding steroid dienone is 4. The summed E-state index contributed by atoms with van der Waals surface area (Å²) in [7, 11) is 0. The van der Waals surface area contributed by atoms with E-state index in [0.29, 0.717) is 54.2 Å². The molecule has 0 N–H and O–H groups in total. The monoisotopic (exact) mass is 550 g/mol. The lowest BCUT2D eigenvalue weighted by Gasteiger charge is -2.43. The van der Waals surface area contributed by atoms with Gasteiger partial charge in [-0.2, -0.15) is 0 Å². The molecular weight excluding hydrogens is 520 g/mol. The van der Waals surface area contributed by atoms with Gasteiger partial charge in [0.05, 0.1) is 16.6 Å². The molecule has 0 aromatic heterocycles. The van der Waals surface area contributed by atoms with Gasteiger partial charge in [-0.15, -0.1) is 0 Å². The van der Waals surface area contributed by atoms with E-state index >= 15 is 0 Å². The standard InChI is InChI=1S/C30H31ClN2O6/c1-3-32-22-10-6-12-24(34)28(22)27(29-23(32)11-7-13-25(29)35)19-15-21(31)30(26(16-19)38-4-2)39-17-18-8-5-9-20(14-18)33(36)37/h5,8-9,14-16,27H,3-4,6-7,10-13,17H2,1-2H3. The highest BCUT2D eigenvalue weighted by Crippen LogP contribution is 2.51. The third-order valence-electron chi connectivity index (χ3n) is 7.57. The smallest absolute Gasteiger partial charge is 0.269 e. The summed E-state index contributed by atoms with van der Waals surface area (Å²) in [5.74, 6) is 0.364. The van der Waals surface area contributed by atoms with E-state index in [2.05, 4.69) is 11.8 Å². The first-order valence-electron chi connectivity index (χ1n) is 13.5. The minimum Gasteiger partial charge on any atom is -0.490 e. The van der Waals surface area contributed by atoms with E-state index in [9.17, 15) is 19.7 Å². The van der Waals surface area contributed by atoms with Crippen molar-refractivity contribution in [3.63, 3.8) is 0 Å². The summed E-state index contributed by atoms with van der Waals surface area (Å²) in [5.41, 5.74) is 4.75. The fourth-order valence-electron chi connectivity index (χ4n) is 6.00. The molecule has 2 aliphatic carbocycles. The SMILES string of the molecule is CCOc1cc(C2C3=C(CCCC3=O)N(CC)C3=C2C(=O)CCC3)cc(Cl)c1OCc1cccc([N+](=O)[O-])c1. The highest BCUT2D eigenvalue weighted by Gasteiger charge is 2.43. The number of hydrogen-bond acceptors (Lipinski definition) is 7. The Morgan fingerprint density at radius 3 is 2.23 bits per heavy atom. The topological polar surface area (TPSA) is 99.0 Å². The van der Waals surface area contributed by atoms with Crippen LogP contribution in [0.3, 0.4) is 0 Å². The predicted octanol–water partition coefficient (Wildman–Crippen LogP) is 6.66. The lowest BCUT2D eigenvalue weighted by atomic mass is 9.71. The summed E-state index contributed by atoms with van der Waals surface area (Å²) in [6.07, 6.45) is 4.11. The van der Waals surface area contributed by atoms with Crippen molar-refractivity contribution in [2.75, 3.05) is 13.2 Å². The largest absolute Gasteiger partial charge is 0.490 e. The number of nitrogens with zero attached hydrogens (tertiary/aromatic N) is 2. The van der Waals surface area contributed by atoms with Crippen molar-refractivity contribution in [1.29, 1.82) is 0 Å². The number of ether oxygens (including phenoxy) is 2. The van der Waals surface area contributed by atoms with Crippen LogP contribution in [-0.2, 0) is 16.2 Å². The van der Waals surface area contributed by atoms with Crippen molar-refractivity contribution in [2.45, 2.75) is 64.9 Å². The second kappa shape index (κ2) is 11.2. The van der Waals surface area contributed by atoms with Crippen molar-refractivity contribution >= 4 is 28.9 Å². The van der Waals surface area contributed by atoms with Crippen molar-refractivity contribution in [3.8, 4) is 11.5 Å². The molecule has 9 heteroatoms. The Hall–Kier alpha value is -3.65. The lowest BCUT2D eigenvalue weighted by molar-refractivity contribution is -0.384. The number of ketones is 2. The molecule has 0 unspecified atom stereocenters. The van der Waals surface area contributed by atoms with E-state index in [1.807, 2.05) is 13.0 Å². The first kappa shape index (κ1) is 26.9. The minimum atomic E-state index is -0.499. The zero-order chi connectivity index (χ0) is 27.7. The van der Waals surface area contributed by atoms with Crippen LogP contribution < -0.4 is 9.47 Å². The molecule has 5 rings (SSSR count). The fraction of sp³-hybridized carbons (Fsp3) is 0.400. The first-order valence-corrected chi connectivity index (χ1v) is 13.8. The normalized spacial score (nSPS) is 17.8. The summed E-state index contributed by atoms with van der Waals surface area (Å²) in [5, 5.41) is 11.4. The zero-order valence-corrected chi connectivity index (χ0v) is 22.9. The molecule has 2 aromatic carbocycles. The van der Waals surface area contributed by atoms with E-state index in [-0.39, 0.29) is 28.9 Å².